The number of nitrogens with zero attached hydrogens (tertiary/aromatic N) is 3. The smallest absolute Gasteiger partial charge is 0.278 e. The number of carbonyl (C=O) groups excluding carboxylic acids is 1. The van der Waals surface area contributed by atoms with Crippen LogP contribution >= 0.6 is 11.6 Å². The number of benzene rings is 2. The number of para-hydroxylation sites is 2. The van der Waals surface area contributed by atoms with Gasteiger partial charge < -0.3 is 19.7 Å². The maximum absolute atomic E-state index is 13.2. The van der Waals surface area contributed by atoms with Crippen molar-refractivity contribution < 1.29 is 14.3 Å². The fraction of sp³-hybridized carbons (Fsp3) is 0.286. The van der Waals surface area contributed by atoms with E-state index in [4.69, 9.17) is 26.1 Å². The van der Waals surface area contributed by atoms with Crippen LogP contribution in [0.5, 0.6) is 11.5 Å². The van der Waals surface area contributed by atoms with Crippen molar-refractivity contribution in [1.29, 1.82) is 0 Å². The first-order valence-corrected chi connectivity index (χ1v) is 9.64. The van der Waals surface area contributed by atoms with Gasteiger partial charge in [0.2, 0.25) is 0 Å². The Hall–Kier alpha value is -3.06. The topological polar surface area (TPSA) is 76.6 Å². The summed E-state index contributed by atoms with van der Waals surface area (Å²) in [5, 5.41) is 3.20. The molecule has 0 saturated heterocycles. The number of halogens is 1. The van der Waals surface area contributed by atoms with Crippen molar-refractivity contribution in [2.45, 2.75) is 13.8 Å². The molecule has 2 aromatic carbocycles. The highest BCUT2D eigenvalue weighted by molar-refractivity contribution is 6.32. The number of aromatic nitrogens is 2. The van der Waals surface area contributed by atoms with Crippen molar-refractivity contribution in [3.05, 3.63) is 47.1 Å². The quantitative estimate of drug-likeness (QED) is 0.617. The second-order valence-corrected chi connectivity index (χ2v) is 6.61. The second-order valence-electron chi connectivity index (χ2n) is 6.20. The molecule has 152 valence electrons. The van der Waals surface area contributed by atoms with Gasteiger partial charge >= 0.3 is 0 Å². The molecule has 29 heavy (non-hydrogen) atoms. The van der Waals surface area contributed by atoms with Crippen molar-refractivity contribution in [3.8, 4) is 11.5 Å². The van der Waals surface area contributed by atoms with E-state index in [9.17, 15) is 4.79 Å². The van der Waals surface area contributed by atoms with Gasteiger partial charge in [-0.2, -0.15) is 0 Å². The molecular weight excluding hydrogens is 392 g/mol. The number of nitrogens with one attached hydrogen (secondary N) is 1. The van der Waals surface area contributed by atoms with Crippen LogP contribution in [-0.2, 0) is 0 Å². The molecule has 1 amide bonds. The minimum absolute atomic E-state index is 0.237. The van der Waals surface area contributed by atoms with Gasteiger partial charge in [0.05, 0.1) is 36.0 Å². The van der Waals surface area contributed by atoms with Gasteiger partial charge in [0.25, 0.3) is 5.91 Å². The zero-order valence-corrected chi connectivity index (χ0v) is 17.6. The Morgan fingerprint density at radius 3 is 2.24 bits per heavy atom. The summed E-state index contributed by atoms with van der Waals surface area (Å²) in [5.41, 5.74) is 2.04. The van der Waals surface area contributed by atoms with Crippen LogP contribution in [0.1, 0.15) is 24.3 Å². The van der Waals surface area contributed by atoms with Crippen molar-refractivity contribution in [3.63, 3.8) is 0 Å². The molecule has 0 saturated carbocycles. The highest BCUT2D eigenvalue weighted by Crippen LogP contribution is 2.36. The van der Waals surface area contributed by atoms with Gasteiger partial charge in [-0.05, 0) is 32.0 Å². The van der Waals surface area contributed by atoms with E-state index in [0.29, 0.717) is 46.6 Å². The van der Waals surface area contributed by atoms with E-state index in [0.717, 1.165) is 5.52 Å². The Kier molecular flexibility index (Phi) is 6.39. The third-order valence-corrected chi connectivity index (χ3v) is 4.85. The lowest BCUT2D eigenvalue weighted by molar-refractivity contribution is 0.102. The van der Waals surface area contributed by atoms with E-state index in [1.54, 1.807) is 12.1 Å². The van der Waals surface area contributed by atoms with Crippen molar-refractivity contribution in [2.75, 3.05) is 37.5 Å². The minimum Gasteiger partial charge on any atom is -0.495 e. The highest BCUT2D eigenvalue weighted by Gasteiger charge is 2.22. The van der Waals surface area contributed by atoms with E-state index >= 15 is 0 Å². The molecule has 1 heterocycles. The van der Waals surface area contributed by atoms with Crippen LogP contribution in [0.2, 0.25) is 5.02 Å². The first-order valence-electron chi connectivity index (χ1n) is 9.26. The zero-order valence-electron chi connectivity index (χ0n) is 16.8. The number of carbonyl (C=O) groups is 1. The van der Waals surface area contributed by atoms with E-state index < -0.39 is 5.91 Å². The summed E-state index contributed by atoms with van der Waals surface area (Å²) >= 11 is 6.22. The Morgan fingerprint density at radius 2 is 1.66 bits per heavy atom. The molecule has 0 spiro atoms. The van der Waals surface area contributed by atoms with Gasteiger partial charge in [-0.15, -0.1) is 0 Å². The van der Waals surface area contributed by atoms with Crippen molar-refractivity contribution in [1.82, 2.24) is 9.97 Å². The molecular formula is C21H23ClN4O3. The molecule has 3 rings (SSSR count). The highest BCUT2D eigenvalue weighted by atomic mass is 35.5. The zero-order chi connectivity index (χ0) is 21.0. The number of fused-ring (bicyclic) bond motifs is 1. The molecule has 1 N–H and O–H groups in total. The van der Waals surface area contributed by atoms with Crippen molar-refractivity contribution >= 4 is 40.0 Å². The molecule has 8 heteroatoms. The van der Waals surface area contributed by atoms with E-state index in [2.05, 4.69) is 10.3 Å². The third kappa shape index (κ3) is 4.19. The fourth-order valence-electron chi connectivity index (χ4n) is 3.03. The Morgan fingerprint density at radius 1 is 1.03 bits per heavy atom. The van der Waals surface area contributed by atoms with Crippen LogP contribution in [0.15, 0.2) is 36.4 Å². The van der Waals surface area contributed by atoms with Crippen molar-refractivity contribution in [2.24, 2.45) is 0 Å². The number of hydrogen-bond acceptors (Lipinski definition) is 6. The summed E-state index contributed by atoms with van der Waals surface area (Å²) in [6.45, 7) is 5.41. The fourth-order valence-corrected chi connectivity index (χ4v) is 3.27. The predicted molar refractivity (Wildman–Crippen MR) is 116 cm³/mol. The van der Waals surface area contributed by atoms with E-state index in [1.807, 2.05) is 43.0 Å². The van der Waals surface area contributed by atoms with Gasteiger partial charge in [-0.3, -0.25) is 4.79 Å². The summed E-state index contributed by atoms with van der Waals surface area (Å²) in [6, 6.07) is 10.7. The average molecular weight is 415 g/mol. The maximum Gasteiger partial charge on any atom is 0.278 e. The first-order chi connectivity index (χ1) is 14.0. The monoisotopic (exact) mass is 414 g/mol. The molecule has 0 bridgehead atoms. The second kappa shape index (κ2) is 8.96. The van der Waals surface area contributed by atoms with Crippen LogP contribution in [0.25, 0.3) is 11.0 Å². The molecule has 0 aliphatic carbocycles. The first kappa shape index (κ1) is 20.7. The lowest BCUT2D eigenvalue weighted by atomic mass is 10.2. The number of amides is 1. The van der Waals surface area contributed by atoms with Crippen LogP contribution in [0, 0.1) is 0 Å². The van der Waals surface area contributed by atoms with Crippen LogP contribution in [0.3, 0.4) is 0 Å². The normalized spacial score (nSPS) is 10.7. The molecule has 7 nitrogen and oxygen atoms in total. The predicted octanol–water partition coefficient (Wildman–Crippen LogP) is 4.40. The Labute approximate surface area is 174 Å². The molecule has 0 atom stereocenters. The maximum atomic E-state index is 13.2. The van der Waals surface area contributed by atoms with Crippen LogP contribution < -0.4 is 19.7 Å². The lowest BCUT2D eigenvalue weighted by Crippen LogP contribution is -2.28. The van der Waals surface area contributed by atoms with Gasteiger partial charge in [0.15, 0.2) is 11.5 Å². The van der Waals surface area contributed by atoms with E-state index in [-0.39, 0.29) is 5.69 Å². The summed E-state index contributed by atoms with van der Waals surface area (Å²) < 4.78 is 10.6. The molecule has 0 fully saturated rings. The average Bonchev–Trinajstić information content (AvgIpc) is 2.74. The Bertz CT molecular complexity index is 1040. The SMILES string of the molecule is CCN(CC)c1nc2ccccc2nc1C(=O)Nc1cc(Cl)c(OC)cc1OC. The summed E-state index contributed by atoms with van der Waals surface area (Å²) in [5.74, 6) is 1.02. The lowest BCUT2D eigenvalue weighted by Gasteiger charge is -2.22. The molecule has 0 aliphatic rings. The van der Waals surface area contributed by atoms with E-state index in [1.165, 1.54) is 14.2 Å². The molecule has 0 aliphatic heterocycles. The van der Waals surface area contributed by atoms with Crippen LogP contribution in [-0.4, -0.2) is 43.2 Å². The number of rotatable bonds is 7. The summed E-state index contributed by atoms with van der Waals surface area (Å²) in [7, 11) is 3.02. The minimum atomic E-state index is -0.398. The van der Waals surface area contributed by atoms with Gasteiger partial charge in [0.1, 0.15) is 11.5 Å². The molecule has 1 aromatic heterocycles. The van der Waals surface area contributed by atoms with Gasteiger partial charge in [-0.25, -0.2) is 9.97 Å². The summed E-state index contributed by atoms with van der Waals surface area (Å²) in [4.78, 5) is 24.4. The molecule has 0 radical (unpaired) electrons. The number of methoxy groups -OCH3 is 2. The molecule has 0 unspecified atom stereocenters. The van der Waals surface area contributed by atoms with Crippen LogP contribution in [0.4, 0.5) is 11.5 Å². The van der Waals surface area contributed by atoms with Gasteiger partial charge in [-0.1, -0.05) is 23.7 Å². The number of anilines is 2. The number of ether oxygens (including phenoxy) is 2. The summed E-state index contributed by atoms with van der Waals surface area (Å²) in [6.07, 6.45) is 0. The molecule has 3 aromatic rings. The third-order valence-electron chi connectivity index (χ3n) is 4.55. The van der Waals surface area contributed by atoms with Gasteiger partial charge in [0, 0.05) is 19.2 Å². The largest absolute Gasteiger partial charge is 0.495 e. The number of hydrogen-bond donors (Lipinski definition) is 1. The standard InChI is InChI=1S/C21H23ClN4O3/c1-5-26(6-2)20-19(23-14-9-7-8-10-15(14)24-20)21(27)25-16-11-13(22)17(28-3)12-18(16)29-4/h7-12H,5-6H2,1-4H3,(H,25,27). The Balaban J connectivity index is 2.07.